The lowest BCUT2D eigenvalue weighted by Crippen LogP contribution is -2.18. The summed E-state index contributed by atoms with van der Waals surface area (Å²) in [5, 5.41) is 1.59. The number of H-pyrrole nitrogens is 1. The van der Waals surface area contributed by atoms with Gasteiger partial charge >= 0.3 is 0 Å². The molecule has 0 radical (unpaired) electrons. The quantitative estimate of drug-likeness (QED) is 0.775. The molecule has 2 aromatic rings. The Morgan fingerprint density at radius 1 is 1.47 bits per heavy atom. The SMILES string of the molecule is Cc1c(CN)c(=O)[nH]c2cc(Cl)ccc12. The molecule has 1 aromatic heterocycles. The molecular weight excluding hydrogens is 212 g/mol. The first-order valence-electron chi connectivity index (χ1n) is 4.64. The van der Waals surface area contributed by atoms with E-state index in [9.17, 15) is 4.79 Å². The van der Waals surface area contributed by atoms with Crippen molar-refractivity contribution in [1.29, 1.82) is 0 Å². The maximum atomic E-state index is 11.6. The second kappa shape index (κ2) is 3.68. The Kier molecular flexibility index (Phi) is 2.50. The summed E-state index contributed by atoms with van der Waals surface area (Å²) in [6.45, 7) is 2.15. The first-order chi connectivity index (χ1) is 7.13. The van der Waals surface area contributed by atoms with Crippen LogP contribution in [0.3, 0.4) is 0 Å². The minimum atomic E-state index is -0.134. The van der Waals surface area contributed by atoms with Crippen molar-refractivity contribution in [2.24, 2.45) is 5.73 Å². The van der Waals surface area contributed by atoms with Gasteiger partial charge in [-0.3, -0.25) is 4.79 Å². The van der Waals surface area contributed by atoms with E-state index in [0.29, 0.717) is 10.6 Å². The number of rotatable bonds is 1. The molecule has 0 fully saturated rings. The molecule has 4 heteroatoms. The van der Waals surface area contributed by atoms with Gasteiger partial charge in [-0.2, -0.15) is 0 Å². The summed E-state index contributed by atoms with van der Waals surface area (Å²) in [5.41, 5.74) is 7.70. The molecule has 0 aliphatic carbocycles. The first kappa shape index (κ1) is 10.2. The zero-order valence-corrected chi connectivity index (χ0v) is 9.06. The molecule has 0 aliphatic heterocycles. The van der Waals surface area contributed by atoms with Crippen molar-refractivity contribution in [3.63, 3.8) is 0 Å². The minimum absolute atomic E-state index is 0.134. The van der Waals surface area contributed by atoms with E-state index >= 15 is 0 Å². The monoisotopic (exact) mass is 222 g/mol. The number of pyridine rings is 1. The molecule has 78 valence electrons. The van der Waals surface area contributed by atoms with Crippen molar-refractivity contribution in [3.8, 4) is 0 Å². The Hall–Kier alpha value is -1.32. The number of aromatic nitrogens is 1. The van der Waals surface area contributed by atoms with Crippen LogP contribution in [0.5, 0.6) is 0 Å². The third-order valence-corrected chi connectivity index (χ3v) is 2.80. The Morgan fingerprint density at radius 3 is 2.87 bits per heavy atom. The van der Waals surface area contributed by atoms with Crippen LogP contribution < -0.4 is 11.3 Å². The lowest BCUT2D eigenvalue weighted by atomic mass is 10.1. The molecule has 0 aliphatic rings. The fourth-order valence-electron chi connectivity index (χ4n) is 1.72. The predicted molar refractivity (Wildman–Crippen MR) is 62.2 cm³/mol. The van der Waals surface area contributed by atoms with Crippen molar-refractivity contribution in [1.82, 2.24) is 4.98 Å². The normalized spacial score (nSPS) is 10.9. The van der Waals surface area contributed by atoms with E-state index in [1.165, 1.54) is 0 Å². The van der Waals surface area contributed by atoms with Crippen LogP contribution in [0, 0.1) is 6.92 Å². The van der Waals surface area contributed by atoms with Crippen molar-refractivity contribution >= 4 is 22.5 Å². The smallest absolute Gasteiger partial charge is 0.253 e. The second-order valence-electron chi connectivity index (χ2n) is 3.45. The fraction of sp³-hybridized carbons (Fsp3) is 0.182. The lowest BCUT2D eigenvalue weighted by molar-refractivity contribution is 1.01. The van der Waals surface area contributed by atoms with E-state index in [1.54, 1.807) is 12.1 Å². The zero-order valence-electron chi connectivity index (χ0n) is 8.30. The topological polar surface area (TPSA) is 58.9 Å². The summed E-state index contributed by atoms with van der Waals surface area (Å²) in [7, 11) is 0. The van der Waals surface area contributed by atoms with Crippen molar-refractivity contribution < 1.29 is 0 Å². The summed E-state index contributed by atoms with van der Waals surface area (Å²) in [6.07, 6.45) is 0. The summed E-state index contributed by atoms with van der Waals surface area (Å²) in [6, 6.07) is 5.43. The standard InChI is InChI=1S/C11H11ClN2O/c1-6-8-3-2-7(12)4-10(8)14-11(15)9(6)5-13/h2-4H,5,13H2,1H3,(H,14,15). The molecule has 3 nitrogen and oxygen atoms in total. The molecule has 0 spiro atoms. The van der Waals surface area contributed by atoms with Crippen LogP contribution in [-0.4, -0.2) is 4.98 Å². The number of fused-ring (bicyclic) bond motifs is 1. The van der Waals surface area contributed by atoms with E-state index in [1.807, 2.05) is 13.0 Å². The van der Waals surface area contributed by atoms with E-state index in [0.717, 1.165) is 16.5 Å². The highest BCUT2D eigenvalue weighted by Gasteiger charge is 2.07. The zero-order chi connectivity index (χ0) is 11.0. The van der Waals surface area contributed by atoms with Gasteiger partial charge in [0.15, 0.2) is 0 Å². The maximum absolute atomic E-state index is 11.6. The number of aromatic amines is 1. The molecule has 1 heterocycles. The summed E-state index contributed by atoms with van der Waals surface area (Å²) in [5.74, 6) is 0. The number of halogens is 1. The van der Waals surface area contributed by atoms with Crippen LogP contribution in [0.2, 0.25) is 5.02 Å². The van der Waals surface area contributed by atoms with E-state index in [2.05, 4.69) is 4.98 Å². The Labute approximate surface area is 91.9 Å². The average molecular weight is 223 g/mol. The molecule has 0 amide bonds. The fourth-order valence-corrected chi connectivity index (χ4v) is 1.90. The number of nitrogens with two attached hydrogens (primary N) is 1. The molecule has 15 heavy (non-hydrogen) atoms. The average Bonchev–Trinajstić information content (AvgIpc) is 2.17. The van der Waals surface area contributed by atoms with Gasteiger partial charge < -0.3 is 10.7 Å². The third-order valence-electron chi connectivity index (χ3n) is 2.56. The van der Waals surface area contributed by atoms with E-state index < -0.39 is 0 Å². The van der Waals surface area contributed by atoms with E-state index in [-0.39, 0.29) is 12.1 Å². The van der Waals surface area contributed by atoms with Gasteiger partial charge in [0.1, 0.15) is 0 Å². The van der Waals surface area contributed by atoms with Crippen LogP contribution in [-0.2, 0) is 6.54 Å². The molecule has 0 saturated carbocycles. The molecular formula is C11H11ClN2O. The van der Waals surface area contributed by atoms with Crippen LogP contribution in [0.25, 0.3) is 10.9 Å². The van der Waals surface area contributed by atoms with Crippen molar-refractivity contribution in [3.05, 3.63) is 44.7 Å². The highest BCUT2D eigenvalue weighted by Crippen LogP contribution is 2.20. The molecule has 2 rings (SSSR count). The van der Waals surface area contributed by atoms with Gasteiger partial charge in [0.2, 0.25) is 0 Å². The number of aryl methyl sites for hydroxylation is 1. The van der Waals surface area contributed by atoms with Crippen LogP contribution in [0.4, 0.5) is 0 Å². The van der Waals surface area contributed by atoms with Crippen molar-refractivity contribution in [2.75, 3.05) is 0 Å². The first-order valence-corrected chi connectivity index (χ1v) is 5.02. The second-order valence-corrected chi connectivity index (χ2v) is 3.89. The van der Waals surface area contributed by atoms with Crippen molar-refractivity contribution in [2.45, 2.75) is 13.5 Å². The summed E-state index contributed by atoms with van der Waals surface area (Å²) in [4.78, 5) is 14.4. The number of benzene rings is 1. The van der Waals surface area contributed by atoms with Crippen LogP contribution in [0.1, 0.15) is 11.1 Å². The maximum Gasteiger partial charge on any atom is 0.253 e. The predicted octanol–water partition coefficient (Wildman–Crippen LogP) is 1.95. The highest BCUT2D eigenvalue weighted by atomic mass is 35.5. The number of nitrogens with one attached hydrogen (secondary N) is 1. The largest absolute Gasteiger partial charge is 0.326 e. The van der Waals surface area contributed by atoms with Gasteiger partial charge in [0.25, 0.3) is 5.56 Å². The molecule has 0 unspecified atom stereocenters. The van der Waals surface area contributed by atoms with Gasteiger partial charge in [0, 0.05) is 22.5 Å². The van der Waals surface area contributed by atoms with Crippen LogP contribution in [0.15, 0.2) is 23.0 Å². The summed E-state index contributed by atoms with van der Waals surface area (Å²) >= 11 is 5.85. The molecule has 0 atom stereocenters. The van der Waals surface area contributed by atoms with Crippen LogP contribution >= 0.6 is 11.6 Å². The lowest BCUT2D eigenvalue weighted by Gasteiger charge is -2.06. The van der Waals surface area contributed by atoms with Gasteiger partial charge in [0.05, 0.1) is 5.52 Å². The number of hydrogen-bond acceptors (Lipinski definition) is 2. The van der Waals surface area contributed by atoms with Gasteiger partial charge in [-0.05, 0) is 24.6 Å². The molecule has 1 aromatic carbocycles. The van der Waals surface area contributed by atoms with Gasteiger partial charge in [-0.15, -0.1) is 0 Å². The molecule has 0 bridgehead atoms. The van der Waals surface area contributed by atoms with Gasteiger partial charge in [-0.25, -0.2) is 0 Å². The Balaban J connectivity index is 2.91. The highest BCUT2D eigenvalue weighted by molar-refractivity contribution is 6.31. The minimum Gasteiger partial charge on any atom is -0.326 e. The Bertz CT molecular complexity index is 575. The summed E-state index contributed by atoms with van der Waals surface area (Å²) < 4.78 is 0. The third kappa shape index (κ3) is 1.64. The number of hydrogen-bond donors (Lipinski definition) is 2. The Morgan fingerprint density at radius 2 is 2.20 bits per heavy atom. The van der Waals surface area contributed by atoms with Gasteiger partial charge in [-0.1, -0.05) is 17.7 Å². The molecule has 0 saturated heterocycles. The molecule has 3 N–H and O–H groups in total. The van der Waals surface area contributed by atoms with E-state index in [4.69, 9.17) is 17.3 Å².